The zero-order chi connectivity index (χ0) is 10.9. The second-order valence-electron chi connectivity index (χ2n) is 4.43. The quantitative estimate of drug-likeness (QED) is 0.686. The van der Waals surface area contributed by atoms with Crippen molar-refractivity contribution in [2.75, 3.05) is 0 Å². The monoisotopic (exact) mass is 203 g/mol. The lowest BCUT2D eigenvalue weighted by Gasteiger charge is -2.09. The Labute approximate surface area is 89.4 Å². The van der Waals surface area contributed by atoms with Crippen molar-refractivity contribution >= 4 is 12.1 Å². The van der Waals surface area contributed by atoms with E-state index >= 15 is 0 Å². The van der Waals surface area contributed by atoms with Crippen molar-refractivity contribution in [2.24, 2.45) is 0 Å². The molecule has 0 aliphatic carbocycles. The molecule has 1 aliphatic heterocycles. The highest BCUT2D eigenvalue weighted by atomic mass is 16.2. The molecule has 2 rings (SSSR count). The smallest absolute Gasteiger partial charge is 0.269 e. The van der Waals surface area contributed by atoms with Gasteiger partial charge < -0.3 is 0 Å². The third-order valence-corrected chi connectivity index (χ3v) is 2.57. The normalized spacial score (nSPS) is 21.7. The third-order valence-electron chi connectivity index (χ3n) is 2.57. The number of hydrogen-bond donors (Lipinski definition) is 1. The second-order valence-corrected chi connectivity index (χ2v) is 4.43. The van der Waals surface area contributed by atoms with Gasteiger partial charge in [0.05, 0.1) is 6.42 Å². The Morgan fingerprint density at radius 3 is 2.53 bits per heavy atom. The molecule has 78 valence electrons. The Morgan fingerprint density at radius 1 is 1.33 bits per heavy atom. The zero-order valence-corrected chi connectivity index (χ0v) is 9.03. The van der Waals surface area contributed by atoms with Gasteiger partial charge in [0.25, 0.3) is 5.91 Å². The van der Waals surface area contributed by atoms with Crippen LogP contribution in [-0.2, 0) is 4.79 Å². The van der Waals surface area contributed by atoms with E-state index < -0.39 is 0 Å². The summed E-state index contributed by atoms with van der Waals surface area (Å²) >= 11 is 0. The van der Waals surface area contributed by atoms with E-state index in [0.717, 1.165) is 5.56 Å². The van der Waals surface area contributed by atoms with E-state index in [0.29, 0.717) is 6.42 Å². The Bertz CT molecular complexity index is 407. The van der Waals surface area contributed by atoms with Crippen LogP contribution in [0, 0.1) is 0 Å². The molecular formula is C12H15N2O+. The Kier molecular flexibility index (Phi) is 2.31. The number of hydrogen-bond acceptors (Lipinski definition) is 1. The van der Waals surface area contributed by atoms with Gasteiger partial charge in [0, 0.05) is 19.4 Å². The standard InChI is InChI=1S/C12H14N2O/c1-12(2)8-11(15)13-14(12)9-10-6-4-3-5-7-10/h3-7,9H,8H2,1-2H3/p+1/b14-9+. The first-order valence-electron chi connectivity index (χ1n) is 5.07. The molecule has 0 spiro atoms. The molecule has 0 atom stereocenters. The van der Waals surface area contributed by atoms with E-state index in [1.165, 1.54) is 0 Å². The fourth-order valence-electron chi connectivity index (χ4n) is 1.70. The van der Waals surface area contributed by atoms with Gasteiger partial charge in [-0.05, 0) is 12.1 Å². The minimum absolute atomic E-state index is 0.0761. The lowest BCUT2D eigenvalue weighted by molar-refractivity contribution is -0.620. The maximum absolute atomic E-state index is 11.3. The number of rotatable bonds is 1. The van der Waals surface area contributed by atoms with Gasteiger partial charge in [0.2, 0.25) is 6.21 Å². The molecule has 1 aromatic rings. The van der Waals surface area contributed by atoms with Crippen molar-refractivity contribution < 1.29 is 9.48 Å². The van der Waals surface area contributed by atoms with Crippen LogP contribution in [-0.4, -0.2) is 22.3 Å². The molecule has 0 unspecified atom stereocenters. The van der Waals surface area contributed by atoms with Crippen LogP contribution in [0.1, 0.15) is 25.8 Å². The Hall–Kier alpha value is -1.64. The molecule has 1 N–H and O–H groups in total. The molecule has 0 bridgehead atoms. The van der Waals surface area contributed by atoms with Gasteiger partial charge in [0.1, 0.15) is 0 Å². The Balaban J connectivity index is 2.32. The number of benzene rings is 1. The molecular weight excluding hydrogens is 188 g/mol. The van der Waals surface area contributed by atoms with E-state index in [1.807, 2.05) is 55.1 Å². The minimum Gasteiger partial charge on any atom is -0.269 e. The fourth-order valence-corrected chi connectivity index (χ4v) is 1.70. The van der Waals surface area contributed by atoms with Gasteiger partial charge in [0.15, 0.2) is 5.54 Å². The number of nitrogens with one attached hydrogen (secondary N) is 1. The van der Waals surface area contributed by atoms with Crippen LogP contribution >= 0.6 is 0 Å². The zero-order valence-electron chi connectivity index (χ0n) is 9.03. The number of nitrogens with zero attached hydrogens (tertiary/aromatic N) is 1. The molecule has 3 nitrogen and oxygen atoms in total. The van der Waals surface area contributed by atoms with Crippen molar-refractivity contribution in [1.29, 1.82) is 0 Å². The first-order valence-corrected chi connectivity index (χ1v) is 5.07. The van der Waals surface area contributed by atoms with Gasteiger partial charge in [-0.25, -0.2) is 0 Å². The number of carbonyl (C=O) groups excluding carboxylic acids is 1. The van der Waals surface area contributed by atoms with Crippen LogP contribution in [0.25, 0.3) is 0 Å². The highest BCUT2D eigenvalue weighted by Crippen LogP contribution is 2.18. The Morgan fingerprint density at radius 2 is 2.00 bits per heavy atom. The number of hydrazone groups is 1. The van der Waals surface area contributed by atoms with Crippen LogP contribution < -0.4 is 5.43 Å². The van der Waals surface area contributed by atoms with E-state index in [4.69, 9.17) is 0 Å². The molecule has 15 heavy (non-hydrogen) atoms. The number of hydrazine groups is 1. The van der Waals surface area contributed by atoms with Crippen LogP contribution in [0.5, 0.6) is 0 Å². The second kappa shape index (κ2) is 3.50. The van der Waals surface area contributed by atoms with Crippen LogP contribution in [0.4, 0.5) is 0 Å². The first kappa shape index (κ1) is 9.90. The van der Waals surface area contributed by atoms with Gasteiger partial charge in [-0.15, -0.1) is 10.1 Å². The highest BCUT2D eigenvalue weighted by molar-refractivity contribution is 5.80. The topological polar surface area (TPSA) is 32.1 Å². The maximum Gasteiger partial charge on any atom is 0.281 e. The molecule has 1 fully saturated rings. The summed E-state index contributed by atoms with van der Waals surface area (Å²) in [6, 6.07) is 9.97. The molecule has 1 amide bonds. The van der Waals surface area contributed by atoms with E-state index in [-0.39, 0.29) is 11.4 Å². The van der Waals surface area contributed by atoms with E-state index in [1.54, 1.807) is 0 Å². The van der Waals surface area contributed by atoms with Crippen molar-refractivity contribution in [3.63, 3.8) is 0 Å². The molecule has 1 aromatic carbocycles. The molecule has 0 radical (unpaired) electrons. The van der Waals surface area contributed by atoms with Crippen molar-refractivity contribution in [1.82, 2.24) is 5.43 Å². The molecule has 0 aromatic heterocycles. The van der Waals surface area contributed by atoms with Crippen molar-refractivity contribution in [2.45, 2.75) is 25.8 Å². The fraction of sp³-hybridized carbons (Fsp3) is 0.333. The minimum atomic E-state index is -0.146. The summed E-state index contributed by atoms with van der Waals surface area (Å²) in [5.41, 5.74) is 3.78. The highest BCUT2D eigenvalue weighted by Gasteiger charge is 2.42. The van der Waals surface area contributed by atoms with Crippen molar-refractivity contribution in [3.05, 3.63) is 35.9 Å². The lowest BCUT2D eigenvalue weighted by atomic mass is 10.0. The summed E-state index contributed by atoms with van der Waals surface area (Å²) in [7, 11) is 0. The summed E-state index contributed by atoms with van der Waals surface area (Å²) < 4.78 is 1.88. The maximum atomic E-state index is 11.3. The third kappa shape index (κ3) is 2.06. The number of amides is 1. The summed E-state index contributed by atoms with van der Waals surface area (Å²) in [4.78, 5) is 11.3. The van der Waals surface area contributed by atoms with Crippen molar-refractivity contribution in [3.8, 4) is 0 Å². The van der Waals surface area contributed by atoms with Crippen LogP contribution in [0.3, 0.4) is 0 Å². The van der Waals surface area contributed by atoms with Gasteiger partial charge >= 0.3 is 0 Å². The summed E-state index contributed by atoms with van der Waals surface area (Å²) in [6.45, 7) is 4.09. The lowest BCUT2D eigenvalue weighted by Crippen LogP contribution is -2.36. The average Bonchev–Trinajstić information content (AvgIpc) is 2.41. The van der Waals surface area contributed by atoms with Gasteiger partial charge in [-0.3, -0.25) is 4.79 Å². The number of carbonyl (C=O) groups is 1. The average molecular weight is 203 g/mol. The van der Waals surface area contributed by atoms with Gasteiger partial charge in [-0.1, -0.05) is 18.2 Å². The predicted octanol–water partition coefficient (Wildman–Crippen LogP) is 1.33. The van der Waals surface area contributed by atoms with Gasteiger partial charge in [-0.2, -0.15) is 0 Å². The molecule has 1 saturated heterocycles. The first-order chi connectivity index (χ1) is 7.08. The molecule has 0 saturated carbocycles. The molecule has 1 aliphatic rings. The summed E-state index contributed by atoms with van der Waals surface area (Å²) in [5, 5.41) is 0. The van der Waals surface area contributed by atoms with Crippen LogP contribution in [0.2, 0.25) is 0 Å². The van der Waals surface area contributed by atoms with Crippen LogP contribution in [0.15, 0.2) is 30.3 Å². The summed E-state index contributed by atoms with van der Waals surface area (Å²) in [6.07, 6.45) is 2.50. The van der Waals surface area contributed by atoms with E-state index in [9.17, 15) is 4.79 Å². The predicted molar refractivity (Wildman–Crippen MR) is 58.7 cm³/mol. The molecule has 3 heteroatoms. The summed E-state index contributed by atoms with van der Waals surface area (Å²) in [5.74, 6) is 0.0761. The SMILES string of the molecule is CC1(C)CC(=O)N/[N+]1=C/c1ccccc1. The largest absolute Gasteiger partial charge is 0.281 e. The molecule has 1 heterocycles. The van der Waals surface area contributed by atoms with E-state index in [2.05, 4.69) is 5.43 Å².